The fourth-order valence-corrected chi connectivity index (χ4v) is 1.44. The Labute approximate surface area is 101 Å². The van der Waals surface area contributed by atoms with E-state index in [1.807, 2.05) is 6.07 Å². The Hall–Kier alpha value is -2.39. The average Bonchev–Trinajstić information content (AvgIpc) is 2.77. The van der Waals surface area contributed by atoms with Crippen molar-refractivity contribution in [3.8, 4) is 11.9 Å². The van der Waals surface area contributed by atoms with E-state index in [1.54, 1.807) is 0 Å². The predicted molar refractivity (Wildman–Crippen MR) is 59.6 cm³/mol. The van der Waals surface area contributed by atoms with Crippen molar-refractivity contribution in [2.75, 3.05) is 0 Å². The van der Waals surface area contributed by atoms with E-state index in [2.05, 4.69) is 10.1 Å². The summed E-state index contributed by atoms with van der Waals surface area (Å²) in [4.78, 5) is 14.9. The number of nitriles is 1. The molecule has 0 aromatic carbocycles. The Kier molecular flexibility index (Phi) is 2.77. The largest absolute Gasteiger partial charge is 0.366 e. The van der Waals surface area contributed by atoms with Crippen LogP contribution in [0, 0.1) is 11.3 Å². The second-order valence-corrected chi connectivity index (χ2v) is 3.57. The zero-order valence-electron chi connectivity index (χ0n) is 8.46. The molecule has 2 heterocycles. The van der Waals surface area contributed by atoms with Crippen molar-refractivity contribution in [2.45, 2.75) is 0 Å². The van der Waals surface area contributed by atoms with E-state index >= 15 is 0 Å². The van der Waals surface area contributed by atoms with E-state index in [0.29, 0.717) is 11.4 Å². The maximum atomic E-state index is 10.9. The summed E-state index contributed by atoms with van der Waals surface area (Å²) in [5.41, 5.74) is 5.71. The quantitative estimate of drug-likeness (QED) is 0.797. The van der Waals surface area contributed by atoms with Crippen LogP contribution in [-0.2, 0) is 0 Å². The molecule has 84 valence electrons. The predicted octanol–water partition coefficient (Wildman–Crippen LogP) is 0.891. The zero-order chi connectivity index (χ0) is 12.4. The van der Waals surface area contributed by atoms with Crippen LogP contribution < -0.4 is 5.73 Å². The van der Waals surface area contributed by atoms with Gasteiger partial charge in [0.05, 0.1) is 23.4 Å². The van der Waals surface area contributed by atoms with Gasteiger partial charge in [-0.1, -0.05) is 11.6 Å². The summed E-state index contributed by atoms with van der Waals surface area (Å²) in [5.74, 6) is -0.236. The molecule has 6 nitrogen and oxygen atoms in total. The van der Waals surface area contributed by atoms with Gasteiger partial charge in [-0.3, -0.25) is 4.79 Å². The average molecular weight is 248 g/mol. The third-order valence-corrected chi connectivity index (χ3v) is 2.21. The number of hydrogen-bond acceptors (Lipinski definition) is 4. The summed E-state index contributed by atoms with van der Waals surface area (Å²) >= 11 is 5.75. The van der Waals surface area contributed by atoms with Crippen LogP contribution in [0.25, 0.3) is 5.82 Å². The van der Waals surface area contributed by atoms with Crippen LogP contribution in [0.4, 0.5) is 0 Å². The molecular weight excluding hydrogens is 242 g/mol. The van der Waals surface area contributed by atoms with Crippen LogP contribution in [0.1, 0.15) is 15.9 Å². The molecule has 0 atom stereocenters. The number of pyridine rings is 1. The zero-order valence-corrected chi connectivity index (χ0v) is 9.22. The van der Waals surface area contributed by atoms with Gasteiger partial charge in [0.25, 0.3) is 5.91 Å². The minimum atomic E-state index is -0.584. The van der Waals surface area contributed by atoms with Gasteiger partial charge in [-0.15, -0.1) is 0 Å². The van der Waals surface area contributed by atoms with Crippen molar-refractivity contribution in [3.05, 3.63) is 40.8 Å². The van der Waals surface area contributed by atoms with E-state index in [0.717, 1.165) is 0 Å². The molecule has 0 bridgehead atoms. The van der Waals surface area contributed by atoms with Gasteiger partial charge in [-0.2, -0.15) is 10.4 Å². The molecule has 17 heavy (non-hydrogen) atoms. The van der Waals surface area contributed by atoms with Crippen molar-refractivity contribution >= 4 is 17.5 Å². The van der Waals surface area contributed by atoms with Crippen LogP contribution in [-0.4, -0.2) is 20.7 Å². The second-order valence-electron chi connectivity index (χ2n) is 3.19. The maximum Gasteiger partial charge on any atom is 0.251 e. The number of hydrogen-bond donors (Lipinski definition) is 1. The molecule has 2 aromatic heterocycles. The van der Waals surface area contributed by atoms with E-state index < -0.39 is 5.91 Å². The molecule has 2 N–H and O–H groups in total. The molecule has 1 amide bonds. The first-order valence-electron chi connectivity index (χ1n) is 4.52. The van der Waals surface area contributed by atoms with Crippen LogP contribution in [0.3, 0.4) is 0 Å². The molecule has 2 rings (SSSR count). The molecule has 0 spiro atoms. The Morgan fingerprint density at radius 1 is 1.53 bits per heavy atom. The molecule has 0 fully saturated rings. The first-order valence-corrected chi connectivity index (χ1v) is 4.90. The highest BCUT2D eigenvalue weighted by Gasteiger charge is 2.08. The number of carbonyl (C=O) groups excluding carboxylic acids is 1. The number of carbonyl (C=O) groups is 1. The number of nitrogens with two attached hydrogens (primary N) is 1. The fraction of sp³-hybridized carbons (Fsp3) is 0. The maximum absolute atomic E-state index is 10.9. The highest BCUT2D eigenvalue weighted by atomic mass is 35.5. The lowest BCUT2D eigenvalue weighted by molar-refractivity contribution is 0.100. The Bertz CT molecular complexity index is 628. The van der Waals surface area contributed by atoms with Crippen molar-refractivity contribution < 1.29 is 4.79 Å². The number of primary amides is 1. The molecular formula is C10H6ClN5O. The van der Waals surface area contributed by atoms with Crippen molar-refractivity contribution in [3.63, 3.8) is 0 Å². The Morgan fingerprint density at radius 2 is 2.29 bits per heavy atom. The Morgan fingerprint density at radius 3 is 2.88 bits per heavy atom. The first-order chi connectivity index (χ1) is 8.10. The monoisotopic (exact) mass is 247 g/mol. The lowest BCUT2D eigenvalue weighted by atomic mass is 10.3. The van der Waals surface area contributed by atoms with Crippen LogP contribution in [0.15, 0.2) is 24.5 Å². The normalized spacial score (nSPS) is 9.88. The van der Waals surface area contributed by atoms with E-state index in [9.17, 15) is 4.79 Å². The van der Waals surface area contributed by atoms with E-state index in [4.69, 9.17) is 22.6 Å². The van der Waals surface area contributed by atoms with Crippen molar-refractivity contribution in [1.29, 1.82) is 5.26 Å². The molecule has 0 saturated carbocycles. The standard InChI is InChI=1S/C10H6ClN5O/c11-8-1-6(3-12)2-9(15-8)16-5-7(4-14-16)10(13)17/h1-2,4-5H,(H2,13,17). The van der Waals surface area contributed by atoms with Gasteiger partial charge in [-0.05, 0) is 6.07 Å². The van der Waals surface area contributed by atoms with Crippen LogP contribution >= 0.6 is 11.6 Å². The van der Waals surface area contributed by atoms with Gasteiger partial charge in [0.1, 0.15) is 5.15 Å². The van der Waals surface area contributed by atoms with Crippen LogP contribution in [0.5, 0.6) is 0 Å². The summed E-state index contributed by atoms with van der Waals surface area (Å²) in [5, 5.41) is 12.9. The highest BCUT2D eigenvalue weighted by molar-refractivity contribution is 6.29. The number of nitrogens with zero attached hydrogens (tertiary/aromatic N) is 4. The number of amides is 1. The minimum Gasteiger partial charge on any atom is -0.366 e. The lowest BCUT2D eigenvalue weighted by Crippen LogP contribution is -2.09. The fourth-order valence-electron chi connectivity index (χ4n) is 1.24. The summed E-state index contributed by atoms with van der Waals surface area (Å²) in [6.07, 6.45) is 2.74. The van der Waals surface area contributed by atoms with Gasteiger partial charge >= 0.3 is 0 Å². The molecule has 0 unspecified atom stereocenters. The van der Waals surface area contributed by atoms with E-state index in [1.165, 1.54) is 29.2 Å². The summed E-state index contributed by atoms with van der Waals surface area (Å²) in [6, 6.07) is 4.89. The van der Waals surface area contributed by atoms with Gasteiger partial charge in [0.15, 0.2) is 5.82 Å². The third kappa shape index (κ3) is 2.24. The summed E-state index contributed by atoms with van der Waals surface area (Å²) < 4.78 is 1.33. The third-order valence-electron chi connectivity index (χ3n) is 2.01. The van der Waals surface area contributed by atoms with Gasteiger partial charge in [0, 0.05) is 12.3 Å². The topological polar surface area (TPSA) is 97.6 Å². The summed E-state index contributed by atoms with van der Waals surface area (Å²) in [6.45, 7) is 0. The number of aromatic nitrogens is 3. The Balaban J connectivity index is 2.49. The number of halogens is 1. The molecule has 0 aliphatic heterocycles. The van der Waals surface area contributed by atoms with E-state index in [-0.39, 0.29) is 10.7 Å². The molecule has 0 aliphatic carbocycles. The van der Waals surface area contributed by atoms with Gasteiger partial charge in [0.2, 0.25) is 0 Å². The van der Waals surface area contributed by atoms with Crippen molar-refractivity contribution in [1.82, 2.24) is 14.8 Å². The highest BCUT2D eigenvalue weighted by Crippen LogP contribution is 2.13. The first kappa shape index (κ1) is 11.1. The second kappa shape index (κ2) is 4.23. The lowest BCUT2D eigenvalue weighted by Gasteiger charge is -2.00. The van der Waals surface area contributed by atoms with Gasteiger partial charge in [-0.25, -0.2) is 9.67 Å². The number of rotatable bonds is 2. The molecule has 0 radical (unpaired) electrons. The van der Waals surface area contributed by atoms with Gasteiger partial charge < -0.3 is 5.73 Å². The SMILES string of the molecule is N#Cc1cc(Cl)nc(-n2cc(C(N)=O)cn2)c1. The minimum absolute atomic E-state index is 0.176. The van der Waals surface area contributed by atoms with Crippen molar-refractivity contribution in [2.24, 2.45) is 5.73 Å². The smallest absolute Gasteiger partial charge is 0.251 e. The summed E-state index contributed by atoms with van der Waals surface area (Å²) in [7, 11) is 0. The molecule has 0 saturated heterocycles. The molecule has 7 heteroatoms. The molecule has 0 aliphatic rings. The molecule has 2 aromatic rings. The van der Waals surface area contributed by atoms with Crippen LogP contribution in [0.2, 0.25) is 5.15 Å².